The largest absolute Gasteiger partial charge is 0.496 e. The van der Waals surface area contributed by atoms with Crippen molar-refractivity contribution >= 4 is 23.3 Å². The van der Waals surface area contributed by atoms with E-state index in [1.807, 2.05) is 0 Å². The predicted octanol–water partition coefficient (Wildman–Crippen LogP) is 4.27. The first-order chi connectivity index (χ1) is 13.0. The van der Waals surface area contributed by atoms with Gasteiger partial charge < -0.3 is 13.9 Å². The number of ether oxygens (including phenoxy) is 2. The minimum absolute atomic E-state index is 0.0591. The monoisotopic (exact) mass is 388 g/mol. The molecule has 0 radical (unpaired) electrons. The Kier molecular flexibility index (Phi) is 5.37. The van der Waals surface area contributed by atoms with Crippen LogP contribution in [0.15, 0.2) is 53.1 Å². The molecule has 0 atom stereocenters. The van der Waals surface area contributed by atoms with Crippen LogP contribution in [0.3, 0.4) is 0 Å². The molecule has 8 nitrogen and oxygen atoms in total. The van der Waals surface area contributed by atoms with Crippen molar-refractivity contribution in [2.24, 2.45) is 0 Å². The third kappa shape index (κ3) is 4.24. The van der Waals surface area contributed by atoms with Gasteiger partial charge in [0.15, 0.2) is 12.4 Å². The summed E-state index contributed by atoms with van der Waals surface area (Å²) in [6.45, 7) is -0.238. The molecule has 2 aromatic carbocycles. The summed E-state index contributed by atoms with van der Waals surface area (Å²) in [7, 11) is 1.35. The second-order valence-corrected chi connectivity index (χ2v) is 5.78. The van der Waals surface area contributed by atoms with Gasteiger partial charge in [0, 0.05) is 22.7 Å². The molecule has 0 unspecified atom stereocenters. The van der Waals surface area contributed by atoms with Crippen molar-refractivity contribution in [3.8, 4) is 17.1 Å². The van der Waals surface area contributed by atoms with E-state index in [2.05, 4.69) is 4.98 Å². The van der Waals surface area contributed by atoms with Crippen molar-refractivity contribution in [3.05, 3.63) is 75.3 Å². The second kappa shape index (κ2) is 7.88. The molecule has 0 saturated carbocycles. The molecule has 0 aliphatic rings. The van der Waals surface area contributed by atoms with Crippen molar-refractivity contribution in [1.82, 2.24) is 4.98 Å². The minimum Gasteiger partial charge on any atom is -0.496 e. The Hall–Kier alpha value is -3.39. The highest BCUT2D eigenvalue weighted by molar-refractivity contribution is 6.30. The Labute approximate surface area is 158 Å². The molecule has 1 aromatic heterocycles. The zero-order valence-corrected chi connectivity index (χ0v) is 14.8. The van der Waals surface area contributed by atoms with Gasteiger partial charge >= 0.3 is 5.97 Å². The first-order valence-electron chi connectivity index (χ1n) is 7.68. The van der Waals surface area contributed by atoms with E-state index in [0.717, 1.165) is 11.6 Å². The Morgan fingerprint density at radius 2 is 2.00 bits per heavy atom. The van der Waals surface area contributed by atoms with E-state index in [0.29, 0.717) is 10.8 Å². The van der Waals surface area contributed by atoms with Crippen molar-refractivity contribution in [2.75, 3.05) is 7.11 Å². The summed E-state index contributed by atoms with van der Waals surface area (Å²) in [6.07, 6.45) is 1.50. The molecule has 27 heavy (non-hydrogen) atoms. The van der Waals surface area contributed by atoms with Gasteiger partial charge in [0.25, 0.3) is 5.69 Å². The standard InChI is InChI=1S/C18H13ClN2O6/c1-25-15-7-6-13(21(23)24)8-14(15)18(22)26-10-17-20-9-16(27-17)11-2-4-12(19)5-3-11/h2-9H,10H2,1H3. The van der Waals surface area contributed by atoms with Crippen LogP contribution in [0.2, 0.25) is 5.02 Å². The zero-order valence-electron chi connectivity index (χ0n) is 14.0. The van der Waals surface area contributed by atoms with Gasteiger partial charge in [0.05, 0.1) is 18.2 Å². The third-order valence-corrected chi connectivity index (χ3v) is 3.87. The number of nitro benzene ring substituents is 1. The van der Waals surface area contributed by atoms with Crippen molar-refractivity contribution < 1.29 is 23.6 Å². The molecule has 0 spiro atoms. The lowest BCUT2D eigenvalue weighted by Gasteiger charge is -2.07. The number of hydrogen-bond acceptors (Lipinski definition) is 7. The van der Waals surface area contributed by atoms with Crippen molar-refractivity contribution in [1.29, 1.82) is 0 Å². The SMILES string of the molecule is COc1ccc([N+](=O)[O-])cc1C(=O)OCc1ncc(-c2ccc(Cl)cc2)o1. The Morgan fingerprint density at radius 1 is 1.26 bits per heavy atom. The lowest BCUT2D eigenvalue weighted by atomic mass is 10.2. The Bertz CT molecular complexity index is 984. The van der Waals surface area contributed by atoms with Gasteiger partial charge in [-0.15, -0.1) is 0 Å². The van der Waals surface area contributed by atoms with Crippen LogP contribution in [-0.2, 0) is 11.3 Å². The molecule has 0 aliphatic carbocycles. The predicted molar refractivity (Wildman–Crippen MR) is 95.7 cm³/mol. The smallest absolute Gasteiger partial charge is 0.342 e. The molecule has 138 valence electrons. The first kappa shape index (κ1) is 18.4. The molecule has 0 amide bonds. The number of benzene rings is 2. The summed E-state index contributed by atoms with van der Waals surface area (Å²) in [5.41, 5.74) is 0.463. The van der Waals surface area contributed by atoms with Crippen LogP contribution in [-0.4, -0.2) is 23.0 Å². The van der Waals surface area contributed by atoms with E-state index in [9.17, 15) is 14.9 Å². The van der Waals surface area contributed by atoms with Gasteiger partial charge in [0.1, 0.15) is 11.3 Å². The number of aromatic nitrogens is 1. The lowest BCUT2D eigenvalue weighted by Crippen LogP contribution is -2.08. The number of esters is 1. The Morgan fingerprint density at radius 3 is 2.67 bits per heavy atom. The van der Waals surface area contributed by atoms with Gasteiger partial charge in [-0.2, -0.15) is 0 Å². The average molecular weight is 389 g/mol. The topological polar surface area (TPSA) is 105 Å². The van der Waals surface area contributed by atoms with Gasteiger partial charge in [0.2, 0.25) is 5.89 Å². The maximum Gasteiger partial charge on any atom is 0.342 e. The number of carbonyl (C=O) groups is 1. The maximum atomic E-state index is 12.3. The number of halogens is 1. The highest BCUT2D eigenvalue weighted by Crippen LogP contribution is 2.26. The highest BCUT2D eigenvalue weighted by atomic mass is 35.5. The van der Waals surface area contributed by atoms with Crippen LogP contribution in [0.25, 0.3) is 11.3 Å². The molecule has 3 aromatic rings. The lowest BCUT2D eigenvalue weighted by molar-refractivity contribution is -0.384. The number of nitrogens with zero attached hydrogens (tertiary/aromatic N) is 2. The number of hydrogen-bond donors (Lipinski definition) is 0. The van der Waals surface area contributed by atoms with Crippen LogP contribution in [0, 0.1) is 10.1 Å². The van der Waals surface area contributed by atoms with E-state index < -0.39 is 10.9 Å². The van der Waals surface area contributed by atoms with E-state index in [4.69, 9.17) is 25.5 Å². The fourth-order valence-electron chi connectivity index (χ4n) is 2.30. The molecule has 0 aliphatic heterocycles. The summed E-state index contributed by atoms with van der Waals surface area (Å²) in [5.74, 6) is 0.0463. The zero-order chi connectivity index (χ0) is 19.4. The van der Waals surface area contributed by atoms with Gasteiger partial charge in [-0.1, -0.05) is 11.6 Å². The molecule has 0 saturated heterocycles. The number of non-ortho nitro benzene ring substituents is 1. The molecule has 3 rings (SSSR count). The Balaban J connectivity index is 1.72. The first-order valence-corrected chi connectivity index (χ1v) is 8.06. The fourth-order valence-corrected chi connectivity index (χ4v) is 2.42. The van der Waals surface area contributed by atoms with Crippen LogP contribution in [0.5, 0.6) is 5.75 Å². The molecule has 1 heterocycles. The van der Waals surface area contributed by atoms with Crippen LogP contribution in [0.1, 0.15) is 16.2 Å². The fraction of sp³-hybridized carbons (Fsp3) is 0.111. The molecule has 0 bridgehead atoms. The van der Waals surface area contributed by atoms with E-state index >= 15 is 0 Å². The quantitative estimate of drug-likeness (QED) is 0.352. The van der Waals surface area contributed by atoms with E-state index in [1.165, 1.54) is 25.4 Å². The van der Waals surface area contributed by atoms with Crippen molar-refractivity contribution in [2.45, 2.75) is 6.61 Å². The molecular formula is C18H13ClN2O6. The van der Waals surface area contributed by atoms with E-state index in [1.54, 1.807) is 24.3 Å². The summed E-state index contributed by atoms with van der Waals surface area (Å²) >= 11 is 5.85. The van der Waals surface area contributed by atoms with Gasteiger partial charge in [-0.05, 0) is 30.3 Å². The molecular weight excluding hydrogens is 376 g/mol. The number of rotatable bonds is 6. The second-order valence-electron chi connectivity index (χ2n) is 5.34. The van der Waals surface area contributed by atoms with Crippen LogP contribution in [0.4, 0.5) is 5.69 Å². The molecule has 0 N–H and O–H groups in total. The van der Waals surface area contributed by atoms with Crippen molar-refractivity contribution in [3.63, 3.8) is 0 Å². The highest BCUT2D eigenvalue weighted by Gasteiger charge is 2.19. The number of nitro groups is 1. The third-order valence-electron chi connectivity index (χ3n) is 3.62. The number of methoxy groups -OCH3 is 1. The number of carbonyl (C=O) groups excluding carboxylic acids is 1. The molecule has 9 heteroatoms. The van der Waals surface area contributed by atoms with Gasteiger partial charge in [-0.25, -0.2) is 9.78 Å². The number of oxazole rings is 1. The summed E-state index contributed by atoms with van der Waals surface area (Å²) in [4.78, 5) is 26.6. The normalized spacial score (nSPS) is 10.4. The summed E-state index contributed by atoms with van der Waals surface area (Å²) < 4.78 is 15.7. The van der Waals surface area contributed by atoms with Gasteiger partial charge in [-0.3, -0.25) is 10.1 Å². The summed E-state index contributed by atoms with van der Waals surface area (Å²) in [5, 5.41) is 11.5. The maximum absolute atomic E-state index is 12.3. The molecule has 0 fully saturated rings. The minimum atomic E-state index is -0.790. The summed E-state index contributed by atoms with van der Waals surface area (Å²) in [6, 6.07) is 10.6. The van der Waals surface area contributed by atoms with Crippen LogP contribution >= 0.6 is 11.6 Å². The van der Waals surface area contributed by atoms with Crippen LogP contribution < -0.4 is 4.74 Å². The van der Waals surface area contributed by atoms with E-state index in [-0.39, 0.29) is 29.5 Å². The average Bonchev–Trinajstić information content (AvgIpc) is 3.15.